The number of nitrogens with one attached hydrogen (secondary N) is 1. The highest BCUT2D eigenvalue weighted by Crippen LogP contribution is 1.93. The van der Waals surface area contributed by atoms with Gasteiger partial charge >= 0.3 is 0 Å². The van der Waals surface area contributed by atoms with Gasteiger partial charge in [0.15, 0.2) is 0 Å². The van der Waals surface area contributed by atoms with Crippen molar-refractivity contribution < 1.29 is 4.79 Å². The van der Waals surface area contributed by atoms with E-state index in [1.807, 2.05) is 6.92 Å². The maximum Gasteiger partial charge on any atom is 0.221 e. The molecule has 0 heterocycles. The van der Waals surface area contributed by atoms with Crippen LogP contribution in [0, 0.1) is 18.3 Å². The topological polar surface area (TPSA) is 55.1 Å². The van der Waals surface area contributed by atoms with E-state index in [2.05, 4.69) is 11.2 Å². The molecule has 0 fully saturated rings. The van der Waals surface area contributed by atoms with Gasteiger partial charge in [-0.1, -0.05) is 6.92 Å². The van der Waals surface area contributed by atoms with Gasteiger partial charge in [-0.25, -0.2) is 0 Å². The van der Waals surface area contributed by atoms with Crippen molar-refractivity contribution in [2.45, 2.75) is 26.3 Å². The second-order valence-corrected chi connectivity index (χ2v) is 3.02. The molecule has 12 heavy (non-hydrogen) atoms. The Labute approximate surface area is 73.7 Å². The second-order valence-electron chi connectivity index (χ2n) is 3.02. The molecule has 0 rings (SSSR count). The number of hydrogen-bond donors (Lipinski definition) is 2. The minimum atomic E-state index is -0.282. The molecule has 0 saturated carbocycles. The van der Waals surface area contributed by atoms with Gasteiger partial charge in [0.2, 0.25) is 5.91 Å². The van der Waals surface area contributed by atoms with E-state index in [1.54, 1.807) is 6.92 Å². The van der Waals surface area contributed by atoms with E-state index in [9.17, 15) is 4.79 Å². The van der Waals surface area contributed by atoms with Crippen LogP contribution in [0.1, 0.15) is 20.3 Å². The van der Waals surface area contributed by atoms with Crippen LogP contribution in [0.2, 0.25) is 0 Å². The Balaban J connectivity index is 3.55. The molecule has 2 unspecified atom stereocenters. The molecule has 0 aromatic heterocycles. The molecule has 0 aromatic carbocycles. The van der Waals surface area contributed by atoms with Crippen LogP contribution in [0.25, 0.3) is 0 Å². The molecule has 0 aliphatic carbocycles. The summed E-state index contributed by atoms with van der Waals surface area (Å²) in [5.74, 6) is 2.13. The van der Waals surface area contributed by atoms with E-state index < -0.39 is 0 Å². The summed E-state index contributed by atoms with van der Waals surface area (Å²) in [4.78, 5) is 10.6. The zero-order chi connectivity index (χ0) is 9.56. The number of terminal acetylenes is 1. The van der Waals surface area contributed by atoms with Gasteiger partial charge in [0.25, 0.3) is 0 Å². The number of amides is 1. The molecule has 0 radical (unpaired) electrons. The summed E-state index contributed by atoms with van der Waals surface area (Å²) in [6, 6.07) is 0.247. The van der Waals surface area contributed by atoms with Gasteiger partial charge in [0.05, 0.1) is 0 Å². The summed E-state index contributed by atoms with van der Waals surface area (Å²) in [7, 11) is 0. The second kappa shape index (κ2) is 5.62. The average molecular weight is 168 g/mol. The summed E-state index contributed by atoms with van der Waals surface area (Å²) in [5, 5.41) is 3.12. The van der Waals surface area contributed by atoms with Crippen LogP contribution in [0.15, 0.2) is 0 Å². The third kappa shape index (κ3) is 4.75. The summed E-state index contributed by atoms with van der Waals surface area (Å²) >= 11 is 0. The maximum absolute atomic E-state index is 10.6. The van der Waals surface area contributed by atoms with Crippen molar-refractivity contribution >= 4 is 5.91 Å². The van der Waals surface area contributed by atoms with Crippen LogP contribution in [-0.4, -0.2) is 18.5 Å². The van der Waals surface area contributed by atoms with E-state index in [1.165, 1.54) is 0 Å². The first-order valence-electron chi connectivity index (χ1n) is 4.04. The molecule has 0 bridgehead atoms. The molecule has 68 valence electrons. The van der Waals surface area contributed by atoms with Gasteiger partial charge in [0, 0.05) is 24.9 Å². The fourth-order valence-corrected chi connectivity index (χ4v) is 0.727. The molecule has 3 nitrogen and oxygen atoms in total. The van der Waals surface area contributed by atoms with Gasteiger partial charge in [0.1, 0.15) is 0 Å². The molecular formula is C9H16N2O. The predicted octanol–water partition coefficient (Wildman–Crippen LogP) is 0.109. The van der Waals surface area contributed by atoms with Crippen LogP contribution in [0.5, 0.6) is 0 Å². The molecule has 2 atom stereocenters. The fourth-order valence-electron chi connectivity index (χ4n) is 0.727. The minimum Gasteiger partial charge on any atom is -0.369 e. The third-order valence-corrected chi connectivity index (χ3v) is 1.68. The molecule has 0 saturated heterocycles. The molecule has 3 N–H and O–H groups in total. The Morgan fingerprint density at radius 1 is 1.67 bits per heavy atom. The maximum atomic E-state index is 10.6. The molecule has 3 heteroatoms. The lowest BCUT2D eigenvalue weighted by molar-refractivity contribution is -0.121. The highest BCUT2D eigenvalue weighted by molar-refractivity contribution is 5.76. The third-order valence-electron chi connectivity index (χ3n) is 1.68. The Kier molecular flexibility index (Phi) is 5.14. The highest BCUT2D eigenvalue weighted by atomic mass is 16.1. The van der Waals surface area contributed by atoms with Gasteiger partial charge in [-0.2, -0.15) is 0 Å². The Morgan fingerprint density at radius 2 is 2.25 bits per heavy atom. The Morgan fingerprint density at radius 3 is 2.67 bits per heavy atom. The first kappa shape index (κ1) is 11.0. The van der Waals surface area contributed by atoms with Gasteiger partial charge < -0.3 is 11.1 Å². The number of carbonyl (C=O) groups excluding carboxylic acids is 1. The van der Waals surface area contributed by atoms with Gasteiger partial charge in [-0.05, 0) is 6.92 Å². The van der Waals surface area contributed by atoms with E-state index in [0.29, 0.717) is 13.0 Å². The summed E-state index contributed by atoms with van der Waals surface area (Å²) < 4.78 is 0. The average Bonchev–Trinajstić information content (AvgIpc) is 2.00. The molecule has 0 spiro atoms. The Bertz CT molecular complexity index is 183. The molecule has 0 aromatic rings. The first-order chi connectivity index (χ1) is 5.57. The van der Waals surface area contributed by atoms with Crippen LogP contribution >= 0.6 is 0 Å². The first-order valence-corrected chi connectivity index (χ1v) is 4.04. The number of rotatable bonds is 5. The van der Waals surface area contributed by atoms with Crippen LogP contribution in [0.3, 0.4) is 0 Å². The van der Waals surface area contributed by atoms with Crippen molar-refractivity contribution in [1.29, 1.82) is 0 Å². The van der Waals surface area contributed by atoms with Crippen molar-refractivity contribution in [2.75, 3.05) is 6.54 Å². The quantitative estimate of drug-likeness (QED) is 0.572. The zero-order valence-corrected chi connectivity index (χ0v) is 7.63. The normalized spacial score (nSPS) is 14.8. The summed E-state index contributed by atoms with van der Waals surface area (Å²) in [5.41, 5.74) is 5.08. The van der Waals surface area contributed by atoms with E-state index >= 15 is 0 Å². The van der Waals surface area contributed by atoms with Crippen LogP contribution < -0.4 is 11.1 Å². The monoisotopic (exact) mass is 168 g/mol. The largest absolute Gasteiger partial charge is 0.369 e. The number of hydrogen-bond acceptors (Lipinski definition) is 2. The smallest absolute Gasteiger partial charge is 0.221 e. The van der Waals surface area contributed by atoms with E-state index in [4.69, 9.17) is 12.2 Å². The summed E-state index contributed by atoms with van der Waals surface area (Å²) in [6.45, 7) is 4.36. The zero-order valence-electron chi connectivity index (χ0n) is 7.63. The van der Waals surface area contributed by atoms with Crippen molar-refractivity contribution in [3.8, 4) is 12.3 Å². The highest BCUT2D eigenvalue weighted by Gasteiger charge is 2.08. The lowest BCUT2D eigenvalue weighted by Crippen LogP contribution is -2.35. The predicted molar refractivity (Wildman–Crippen MR) is 49.3 cm³/mol. The molecule has 0 aliphatic rings. The van der Waals surface area contributed by atoms with Crippen molar-refractivity contribution in [3.63, 3.8) is 0 Å². The standard InChI is InChI=1S/C9H16N2O/c1-4-5-8(3)11-6-7(2)9(10)12/h1,7-8,11H,5-6H2,2-3H3,(H2,10,12). The Hall–Kier alpha value is -1.01. The van der Waals surface area contributed by atoms with Crippen molar-refractivity contribution in [2.24, 2.45) is 11.7 Å². The van der Waals surface area contributed by atoms with Crippen LogP contribution in [0.4, 0.5) is 0 Å². The number of carbonyl (C=O) groups is 1. The summed E-state index contributed by atoms with van der Waals surface area (Å²) in [6.07, 6.45) is 5.79. The lowest BCUT2D eigenvalue weighted by Gasteiger charge is -2.13. The minimum absolute atomic E-state index is 0.134. The van der Waals surface area contributed by atoms with Gasteiger partial charge in [-0.3, -0.25) is 4.79 Å². The molecular weight excluding hydrogens is 152 g/mol. The van der Waals surface area contributed by atoms with E-state index in [0.717, 1.165) is 0 Å². The fraction of sp³-hybridized carbons (Fsp3) is 0.667. The molecule has 0 aliphatic heterocycles. The van der Waals surface area contributed by atoms with Gasteiger partial charge in [-0.15, -0.1) is 12.3 Å². The molecule has 1 amide bonds. The number of nitrogens with two attached hydrogens (primary N) is 1. The van der Waals surface area contributed by atoms with Crippen molar-refractivity contribution in [3.05, 3.63) is 0 Å². The van der Waals surface area contributed by atoms with Crippen molar-refractivity contribution in [1.82, 2.24) is 5.32 Å². The van der Waals surface area contributed by atoms with E-state index in [-0.39, 0.29) is 17.9 Å². The lowest BCUT2D eigenvalue weighted by atomic mass is 10.1. The number of primary amides is 1. The van der Waals surface area contributed by atoms with Crippen LogP contribution in [-0.2, 0) is 4.79 Å². The SMILES string of the molecule is C#CCC(C)NCC(C)C(N)=O.